The van der Waals surface area contributed by atoms with Crippen molar-refractivity contribution in [2.75, 3.05) is 38.1 Å². The predicted octanol–water partition coefficient (Wildman–Crippen LogP) is 2.69. The van der Waals surface area contributed by atoms with Gasteiger partial charge in [-0.3, -0.25) is 9.80 Å². The van der Waals surface area contributed by atoms with E-state index in [1.165, 1.54) is 5.56 Å². The number of hydrogen-bond acceptors (Lipinski definition) is 6. The van der Waals surface area contributed by atoms with Gasteiger partial charge in [-0.1, -0.05) is 17.7 Å². The largest absolute Gasteiger partial charge is 0.395 e. The molecule has 24 heavy (non-hydrogen) atoms. The highest BCUT2D eigenvalue weighted by molar-refractivity contribution is 7.13. The molecule has 2 N–H and O–H groups in total. The Balaban J connectivity index is 1.55. The zero-order valence-corrected chi connectivity index (χ0v) is 15.2. The highest BCUT2D eigenvalue weighted by Crippen LogP contribution is 2.23. The second-order valence-electron chi connectivity index (χ2n) is 6.48. The van der Waals surface area contributed by atoms with Gasteiger partial charge in [0, 0.05) is 49.8 Å². The van der Waals surface area contributed by atoms with E-state index in [9.17, 15) is 0 Å². The standard InChI is InChI=1S/C18H26N4OS/c1-14-3-5-16(6-4-14)19-18-20-17(13-24-18)12-22-8-7-21(9-10-23)11-15(22)2/h3-6,13,15,23H,7-12H2,1-2H3,(H,19,20). The van der Waals surface area contributed by atoms with Gasteiger partial charge in [-0.05, 0) is 26.0 Å². The summed E-state index contributed by atoms with van der Waals surface area (Å²) in [6.07, 6.45) is 0. The number of β-amino-alcohol motifs (C(OH)–C–C–N with tert-alkyl or cyclic N) is 1. The van der Waals surface area contributed by atoms with Crippen LogP contribution in [0.2, 0.25) is 0 Å². The van der Waals surface area contributed by atoms with Crippen molar-refractivity contribution in [2.24, 2.45) is 0 Å². The molecule has 1 fully saturated rings. The molecule has 0 aliphatic carbocycles. The normalized spacial score (nSPS) is 19.5. The van der Waals surface area contributed by atoms with Crippen LogP contribution in [0.5, 0.6) is 0 Å². The lowest BCUT2D eigenvalue weighted by atomic mass is 10.2. The molecule has 1 aliphatic rings. The Bertz CT molecular complexity index is 643. The molecule has 1 atom stereocenters. The van der Waals surface area contributed by atoms with E-state index in [0.29, 0.717) is 6.04 Å². The highest BCUT2D eigenvalue weighted by Gasteiger charge is 2.23. The second-order valence-corrected chi connectivity index (χ2v) is 7.34. The maximum atomic E-state index is 9.07. The summed E-state index contributed by atoms with van der Waals surface area (Å²) < 4.78 is 0. The SMILES string of the molecule is Cc1ccc(Nc2nc(CN3CCN(CCO)CC3C)cs2)cc1. The second kappa shape index (κ2) is 8.07. The van der Waals surface area contributed by atoms with Crippen molar-refractivity contribution in [3.8, 4) is 0 Å². The van der Waals surface area contributed by atoms with E-state index in [2.05, 4.69) is 58.6 Å². The minimum atomic E-state index is 0.243. The van der Waals surface area contributed by atoms with Crippen molar-refractivity contribution in [1.82, 2.24) is 14.8 Å². The van der Waals surface area contributed by atoms with Crippen LogP contribution < -0.4 is 5.32 Å². The van der Waals surface area contributed by atoms with E-state index in [4.69, 9.17) is 10.1 Å². The molecule has 1 aromatic heterocycles. The molecule has 1 saturated heterocycles. The van der Waals surface area contributed by atoms with Gasteiger partial charge in [0.1, 0.15) is 0 Å². The molecule has 6 heteroatoms. The molecular formula is C18H26N4OS. The van der Waals surface area contributed by atoms with Crippen molar-refractivity contribution in [3.05, 3.63) is 40.9 Å². The van der Waals surface area contributed by atoms with Gasteiger partial charge in [0.15, 0.2) is 5.13 Å². The zero-order chi connectivity index (χ0) is 16.9. The van der Waals surface area contributed by atoms with Crippen LogP contribution in [0.4, 0.5) is 10.8 Å². The van der Waals surface area contributed by atoms with Crippen LogP contribution in [0.1, 0.15) is 18.2 Å². The number of aryl methyl sites for hydroxylation is 1. The van der Waals surface area contributed by atoms with E-state index < -0.39 is 0 Å². The van der Waals surface area contributed by atoms with Gasteiger partial charge in [-0.25, -0.2) is 4.98 Å². The number of hydrogen-bond donors (Lipinski definition) is 2. The fraction of sp³-hybridized carbons (Fsp3) is 0.500. The Morgan fingerprint density at radius 2 is 2.08 bits per heavy atom. The summed E-state index contributed by atoms with van der Waals surface area (Å²) >= 11 is 1.65. The van der Waals surface area contributed by atoms with E-state index >= 15 is 0 Å². The molecule has 0 radical (unpaired) electrons. The topological polar surface area (TPSA) is 51.6 Å². The maximum Gasteiger partial charge on any atom is 0.187 e. The summed E-state index contributed by atoms with van der Waals surface area (Å²) in [6.45, 7) is 9.31. The molecule has 0 bridgehead atoms. The number of nitrogens with zero attached hydrogens (tertiary/aromatic N) is 3. The van der Waals surface area contributed by atoms with Gasteiger partial charge in [-0.15, -0.1) is 11.3 Å². The minimum absolute atomic E-state index is 0.243. The molecule has 5 nitrogen and oxygen atoms in total. The molecule has 1 aliphatic heterocycles. The Labute approximate surface area is 147 Å². The smallest absolute Gasteiger partial charge is 0.187 e. The van der Waals surface area contributed by atoms with Gasteiger partial charge in [0.05, 0.1) is 12.3 Å². The number of aromatic nitrogens is 1. The lowest BCUT2D eigenvalue weighted by molar-refractivity contribution is 0.0657. The first-order chi connectivity index (χ1) is 11.6. The van der Waals surface area contributed by atoms with Crippen molar-refractivity contribution in [3.63, 3.8) is 0 Å². The molecule has 0 amide bonds. The summed E-state index contributed by atoms with van der Waals surface area (Å²) in [5.41, 5.74) is 3.46. The number of aliphatic hydroxyl groups is 1. The third kappa shape index (κ3) is 4.54. The van der Waals surface area contributed by atoms with Gasteiger partial charge >= 0.3 is 0 Å². The molecule has 2 aromatic rings. The van der Waals surface area contributed by atoms with E-state index in [0.717, 1.165) is 49.2 Å². The zero-order valence-electron chi connectivity index (χ0n) is 14.4. The third-order valence-corrected chi connectivity index (χ3v) is 5.29. The molecular weight excluding hydrogens is 320 g/mol. The molecule has 0 saturated carbocycles. The average molecular weight is 346 g/mol. The summed E-state index contributed by atoms with van der Waals surface area (Å²) in [7, 11) is 0. The summed E-state index contributed by atoms with van der Waals surface area (Å²) in [4.78, 5) is 9.52. The van der Waals surface area contributed by atoms with Gasteiger partial charge < -0.3 is 10.4 Å². The van der Waals surface area contributed by atoms with Gasteiger partial charge in [0.2, 0.25) is 0 Å². The number of aliphatic hydroxyl groups excluding tert-OH is 1. The van der Waals surface area contributed by atoms with Crippen molar-refractivity contribution < 1.29 is 5.11 Å². The minimum Gasteiger partial charge on any atom is -0.395 e. The average Bonchev–Trinajstić information content (AvgIpc) is 3.00. The van der Waals surface area contributed by atoms with Gasteiger partial charge in [0.25, 0.3) is 0 Å². The van der Waals surface area contributed by atoms with Gasteiger partial charge in [-0.2, -0.15) is 0 Å². The molecule has 130 valence electrons. The number of nitrogens with one attached hydrogen (secondary N) is 1. The summed E-state index contributed by atoms with van der Waals surface area (Å²) in [6, 6.07) is 8.85. The van der Waals surface area contributed by atoms with Crippen LogP contribution >= 0.6 is 11.3 Å². The monoisotopic (exact) mass is 346 g/mol. The first-order valence-corrected chi connectivity index (χ1v) is 9.37. The number of rotatable bonds is 6. The third-order valence-electron chi connectivity index (χ3n) is 4.49. The van der Waals surface area contributed by atoms with Crippen LogP contribution in [0, 0.1) is 6.92 Å². The number of piperazine rings is 1. The number of anilines is 2. The fourth-order valence-electron chi connectivity index (χ4n) is 3.06. The van der Waals surface area contributed by atoms with Crippen LogP contribution in [0.15, 0.2) is 29.6 Å². The van der Waals surface area contributed by atoms with Crippen LogP contribution in [0.3, 0.4) is 0 Å². The van der Waals surface area contributed by atoms with E-state index in [1.54, 1.807) is 11.3 Å². The first-order valence-electron chi connectivity index (χ1n) is 8.49. The Kier molecular flexibility index (Phi) is 5.84. The molecule has 1 aromatic carbocycles. The Morgan fingerprint density at radius 3 is 2.79 bits per heavy atom. The number of thiazole rings is 1. The summed E-state index contributed by atoms with van der Waals surface area (Å²) in [5, 5.41) is 15.5. The van der Waals surface area contributed by atoms with Crippen molar-refractivity contribution >= 4 is 22.2 Å². The quantitative estimate of drug-likeness (QED) is 0.842. The summed E-state index contributed by atoms with van der Waals surface area (Å²) in [5.74, 6) is 0. The maximum absolute atomic E-state index is 9.07. The van der Waals surface area contributed by atoms with Crippen molar-refractivity contribution in [2.45, 2.75) is 26.4 Å². The van der Waals surface area contributed by atoms with Crippen molar-refractivity contribution in [1.29, 1.82) is 0 Å². The van der Waals surface area contributed by atoms with E-state index in [1.807, 2.05) is 0 Å². The lowest BCUT2D eigenvalue weighted by Crippen LogP contribution is -2.51. The molecule has 0 spiro atoms. The Morgan fingerprint density at radius 1 is 1.29 bits per heavy atom. The predicted molar refractivity (Wildman–Crippen MR) is 100.0 cm³/mol. The van der Waals surface area contributed by atoms with Crippen LogP contribution in [0.25, 0.3) is 0 Å². The van der Waals surface area contributed by atoms with E-state index in [-0.39, 0.29) is 6.61 Å². The Hall–Kier alpha value is -1.47. The highest BCUT2D eigenvalue weighted by atomic mass is 32.1. The van der Waals surface area contributed by atoms with Crippen LogP contribution in [-0.4, -0.2) is 58.7 Å². The fourth-order valence-corrected chi connectivity index (χ4v) is 3.78. The lowest BCUT2D eigenvalue weighted by Gasteiger charge is -2.39. The first kappa shape index (κ1) is 17.4. The molecule has 1 unspecified atom stereocenters. The molecule has 3 rings (SSSR count). The number of benzene rings is 1. The molecule has 2 heterocycles. The van der Waals surface area contributed by atoms with Crippen LogP contribution in [-0.2, 0) is 6.54 Å².